The Kier molecular flexibility index (Phi) is 5.20. The molecule has 1 aliphatic heterocycles. The highest BCUT2D eigenvalue weighted by Crippen LogP contribution is 2.22. The van der Waals surface area contributed by atoms with E-state index >= 15 is 0 Å². The Balaban J connectivity index is 1.39. The van der Waals surface area contributed by atoms with E-state index in [9.17, 15) is 9.59 Å². The van der Waals surface area contributed by atoms with Crippen LogP contribution in [0.4, 0.5) is 11.4 Å². The fourth-order valence-corrected chi connectivity index (χ4v) is 3.25. The van der Waals surface area contributed by atoms with Crippen LogP contribution in [0.2, 0.25) is 0 Å². The van der Waals surface area contributed by atoms with E-state index in [1.54, 1.807) is 11.0 Å². The average molecular weight is 387 g/mol. The Morgan fingerprint density at radius 1 is 1.21 bits per heavy atom. The highest BCUT2D eigenvalue weighted by Gasteiger charge is 2.21. The number of aromatic amines is 1. The molecule has 0 aliphatic carbocycles. The number of nitrogens with one attached hydrogen (secondary N) is 2. The maximum Gasteiger partial charge on any atom is 0.248 e. The zero-order valence-electron chi connectivity index (χ0n) is 16.1. The molecule has 0 atom stereocenters. The molecule has 0 bridgehead atoms. The van der Waals surface area contributed by atoms with Gasteiger partial charge < -0.3 is 10.2 Å². The van der Waals surface area contributed by atoms with E-state index in [1.807, 2.05) is 55.5 Å². The maximum absolute atomic E-state index is 12.3. The normalized spacial score (nSPS) is 14.0. The van der Waals surface area contributed by atoms with Gasteiger partial charge in [0.15, 0.2) is 5.82 Å². The first-order valence-electron chi connectivity index (χ1n) is 9.47. The van der Waals surface area contributed by atoms with Gasteiger partial charge in [-0.1, -0.05) is 24.3 Å². The van der Waals surface area contributed by atoms with Crippen molar-refractivity contribution < 1.29 is 9.59 Å². The van der Waals surface area contributed by atoms with Crippen LogP contribution in [0, 0.1) is 6.92 Å². The van der Waals surface area contributed by atoms with Crippen LogP contribution in [0.3, 0.4) is 0 Å². The van der Waals surface area contributed by atoms with Crippen LogP contribution in [0.5, 0.6) is 0 Å². The Bertz CT molecular complexity index is 1070. The number of hydrogen-bond acceptors (Lipinski definition) is 4. The second-order valence-corrected chi connectivity index (χ2v) is 6.89. The van der Waals surface area contributed by atoms with Crippen molar-refractivity contribution in [2.75, 3.05) is 16.8 Å². The Hall–Kier alpha value is -3.74. The number of rotatable bonds is 5. The predicted octanol–water partition coefficient (Wildman–Crippen LogP) is 3.56. The zero-order valence-corrected chi connectivity index (χ0v) is 16.1. The SMILES string of the molecule is Cc1nc(-c2cccc(NC(=O)/C=C/c3ccc(N4CCCC4=O)cc3)c2)n[nH]1. The lowest BCUT2D eigenvalue weighted by atomic mass is 10.1. The van der Waals surface area contributed by atoms with Crippen molar-refractivity contribution in [3.05, 3.63) is 66.0 Å². The summed E-state index contributed by atoms with van der Waals surface area (Å²) in [6.07, 6.45) is 4.74. The van der Waals surface area contributed by atoms with Crippen molar-refractivity contribution >= 4 is 29.3 Å². The van der Waals surface area contributed by atoms with Gasteiger partial charge in [-0.3, -0.25) is 14.7 Å². The van der Waals surface area contributed by atoms with Crippen LogP contribution in [0.15, 0.2) is 54.6 Å². The minimum atomic E-state index is -0.230. The number of aromatic nitrogens is 3. The third-order valence-corrected chi connectivity index (χ3v) is 4.69. The lowest BCUT2D eigenvalue weighted by Gasteiger charge is -2.15. The molecule has 29 heavy (non-hydrogen) atoms. The lowest BCUT2D eigenvalue weighted by Crippen LogP contribution is -2.23. The van der Waals surface area contributed by atoms with Crippen LogP contribution < -0.4 is 10.2 Å². The minimum absolute atomic E-state index is 0.162. The van der Waals surface area contributed by atoms with Crippen LogP contribution in [-0.2, 0) is 9.59 Å². The van der Waals surface area contributed by atoms with E-state index in [4.69, 9.17) is 0 Å². The summed E-state index contributed by atoms with van der Waals surface area (Å²) in [5.41, 5.74) is 3.28. The highest BCUT2D eigenvalue weighted by molar-refractivity contribution is 6.02. The summed E-state index contributed by atoms with van der Waals surface area (Å²) in [5, 5.41) is 9.79. The molecule has 0 saturated carbocycles. The van der Waals surface area contributed by atoms with E-state index in [2.05, 4.69) is 20.5 Å². The van der Waals surface area contributed by atoms with Crippen LogP contribution in [0.25, 0.3) is 17.5 Å². The third kappa shape index (κ3) is 4.40. The molecule has 4 rings (SSSR count). The summed E-state index contributed by atoms with van der Waals surface area (Å²) in [6, 6.07) is 15.0. The summed E-state index contributed by atoms with van der Waals surface area (Å²) in [6.45, 7) is 2.60. The van der Waals surface area contributed by atoms with Gasteiger partial charge in [-0.25, -0.2) is 4.98 Å². The number of aryl methyl sites for hydroxylation is 1. The number of benzene rings is 2. The maximum atomic E-state index is 12.3. The highest BCUT2D eigenvalue weighted by atomic mass is 16.2. The number of H-pyrrole nitrogens is 1. The molecule has 3 aromatic rings. The van der Waals surface area contributed by atoms with Crippen molar-refractivity contribution in [3.8, 4) is 11.4 Å². The molecule has 1 fully saturated rings. The van der Waals surface area contributed by atoms with E-state index in [0.717, 1.165) is 35.6 Å². The van der Waals surface area contributed by atoms with Crippen molar-refractivity contribution in [2.45, 2.75) is 19.8 Å². The van der Waals surface area contributed by atoms with Crippen molar-refractivity contribution in [1.29, 1.82) is 0 Å². The first-order valence-corrected chi connectivity index (χ1v) is 9.47. The molecule has 0 radical (unpaired) electrons. The molecule has 2 heterocycles. The molecule has 0 spiro atoms. The number of amides is 2. The van der Waals surface area contributed by atoms with Gasteiger partial charge in [0, 0.05) is 36.0 Å². The van der Waals surface area contributed by atoms with E-state index in [-0.39, 0.29) is 11.8 Å². The largest absolute Gasteiger partial charge is 0.322 e. The van der Waals surface area contributed by atoms with Gasteiger partial charge in [-0.2, -0.15) is 5.10 Å². The Labute approximate surface area is 168 Å². The molecule has 146 valence electrons. The van der Waals surface area contributed by atoms with Crippen molar-refractivity contribution in [2.24, 2.45) is 0 Å². The average Bonchev–Trinajstić information content (AvgIpc) is 3.35. The lowest BCUT2D eigenvalue weighted by molar-refractivity contribution is -0.117. The molecular weight excluding hydrogens is 366 g/mol. The van der Waals surface area contributed by atoms with Crippen LogP contribution in [-0.4, -0.2) is 33.5 Å². The van der Waals surface area contributed by atoms with Gasteiger partial charge in [-0.15, -0.1) is 0 Å². The van der Waals surface area contributed by atoms with Gasteiger partial charge in [-0.05, 0) is 49.2 Å². The second kappa shape index (κ2) is 8.10. The number of hydrogen-bond donors (Lipinski definition) is 2. The molecule has 1 aromatic heterocycles. The van der Waals surface area contributed by atoms with Crippen LogP contribution in [0.1, 0.15) is 24.2 Å². The molecule has 2 N–H and O–H groups in total. The van der Waals surface area contributed by atoms with E-state index in [1.165, 1.54) is 6.08 Å². The molecule has 1 aliphatic rings. The molecule has 2 aromatic carbocycles. The van der Waals surface area contributed by atoms with E-state index < -0.39 is 0 Å². The smallest absolute Gasteiger partial charge is 0.248 e. The Morgan fingerprint density at radius 2 is 2.03 bits per heavy atom. The first kappa shape index (κ1) is 18.6. The molecule has 1 saturated heterocycles. The number of nitrogens with zero attached hydrogens (tertiary/aromatic N) is 3. The zero-order chi connectivity index (χ0) is 20.2. The summed E-state index contributed by atoms with van der Waals surface area (Å²) in [7, 11) is 0. The van der Waals surface area contributed by atoms with Gasteiger partial charge in [0.05, 0.1) is 0 Å². The second-order valence-electron chi connectivity index (χ2n) is 6.89. The third-order valence-electron chi connectivity index (χ3n) is 4.69. The monoisotopic (exact) mass is 387 g/mol. The topological polar surface area (TPSA) is 91.0 Å². The van der Waals surface area contributed by atoms with Gasteiger partial charge in [0.2, 0.25) is 11.8 Å². The molecular formula is C22H21N5O2. The fourth-order valence-electron chi connectivity index (χ4n) is 3.25. The summed E-state index contributed by atoms with van der Waals surface area (Å²) in [5.74, 6) is 1.26. The summed E-state index contributed by atoms with van der Waals surface area (Å²) >= 11 is 0. The van der Waals surface area contributed by atoms with Crippen LogP contribution >= 0.6 is 0 Å². The summed E-state index contributed by atoms with van der Waals surface area (Å²) < 4.78 is 0. The molecule has 2 amide bonds. The van der Waals surface area contributed by atoms with Crippen molar-refractivity contribution in [3.63, 3.8) is 0 Å². The fraction of sp³-hybridized carbons (Fsp3) is 0.182. The molecule has 7 nitrogen and oxygen atoms in total. The van der Waals surface area contributed by atoms with Gasteiger partial charge >= 0.3 is 0 Å². The van der Waals surface area contributed by atoms with Gasteiger partial charge in [0.25, 0.3) is 0 Å². The van der Waals surface area contributed by atoms with Gasteiger partial charge in [0.1, 0.15) is 5.82 Å². The number of carbonyl (C=O) groups excluding carboxylic acids is 2. The number of anilines is 2. The molecule has 0 unspecified atom stereocenters. The first-order chi connectivity index (χ1) is 14.1. The van der Waals surface area contributed by atoms with Crippen molar-refractivity contribution in [1.82, 2.24) is 15.2 Å². The number of carbonyl (C=O) groups is 2. The Morgan fingerprint density at radius 3 is 2.72 bits per heavy atom. The summed E-state index contributed by atoms with van der Waals surface area (Å²) in [4.78, 5) is 30.2. The standard InChI is InChI=1S/C22H21N5O2/c1-15-23-22(26-25-15)17-4-2-5-18(14-17)24-20(28)12-9-16-7-10-19(11-8-16)27-13-3-6-21(27)29/h2,4-5,7-12,14H,3,6,13H2,1H3,(H,24,28)(H,23,25,26)/b12-9+. The predicted molar refractivity (Wildman–Crippen MR) is 112 cm³/mol. The van der Waals surface area contributed by atoms with E-state index in [0.29, 0.717) is 17.9 Å². The quantitative estimate of drug-likeness (QED) is 0.655. The minimum Gasteiger partial charge on any atom is -0.322 e. The molecule has 7 heteroatoms.